The van der Waals surface area contributed by atoms with Crippen molar-refractivity contribution >= 4 is 17.5 Å². The minimum Gasteiger partial charge on any atom is -0.490 e. The quantitative estimate of drug-likeness (QED) is 0.929. The van der Waals surface area contributed by atoms with Gasteiger partial charge in [0.05, 0.1) is 0 Å². The summed E-state index contributed by atoms with van der Waals surface area (Å²) in [4.78, 5) is 28.8. The van der Waals surface area contributed by atoms with Gasteiger partial charge in [0, 0.05) is 36.6 Å². The number of H-pyrrole nitrogens is 1. The van der Waals surface area contributed by atoms with Gasteiger partial charge in [0.25, 0.3) is 11.5 Å². The normalized spacial score (nSPS) is 15.3. The van der Waals surface area contributed by atoms with E-state index in [9.17, 15) is 9.59 Å². The average Bonchev–Trinajstić information content (AvgIpc) is 2.57. The molecule has 5 nitrogen and oxygen atoms in total. The van der Waals surface area contributed by atoms with Crippen LogP contribution < -0.4 is 10.3 Å². The number of rotatable bonds is 3. The lowest BCUT2D eigenvalue weighted by Gasteiger charge is -2.32. The van der Waals surface area contributed by atoms with Crippen LogP contribution in [0.25, 0.3) is 0 Å². The number of carbonyl (C=O) groups excluding carboxylic acids is 1. The highest BCUT2D eigenvalue weighted by molar-refractivity contribution is 6.30. The number of aromatic nitrogens is 1. The molecule has 0 radical (unpaired) electrons. The van der Waals surface area contributed by atoms with Gasteiger partial charge in [-0.1, -0.05) is 11.6 Å². The summed E-state index contributed by atoms with van der Waals surface area (Å²) in [5.74, 6) is 0.556. The number of benzene rings is 1. The van der Waals surface area contributed by atoms with E-state index in [-0.39, 0.29) is 23.1 Å². The Morgan fingerprint density at radius 3 is 2.46 bits per heavy atom. The average molecular weight is 347 g/mol. The summed E-state index contributed by atoms with van der Waals surface area (Å²) in [7, 11) is 0. The van der Waals surface area contributed by atoms with Gasteiger partial charge in [0.1, 0.15) is 17.4 Å². The second kappa shape index (κ2) is 7.09. The SMILES string of the molecule is Cc1ccc(C(=O)N2CCC(Oc3ccc(Cl)cc3)CC2)c(=O)[nH]1. The highest BCUT2D eigenvalue weighted by atomic mass is 35.5. The van der Waals surface area contributed by atoms with Crippen LogP contribution >= 0.6 is 11.6 Å². The molecule has 1 aliphatic rings. The molecule has 0 bridgehead atoms. The zero-order valence-corrected chi connectivity index (χ0v) is 14.2. The van der Waals surface area contributed by atoms with Crippen molar-refractivity contribution in [2.45, 2.75) is 25.9 Å². The maximum Gasteiger partial charge on any atom is 0.260 e. The summed E-state index contributed by atoms with van der Waals surface area (Å²) in [5.41, 5.74) is 0.601. The first-order chi connectivity index (χ1) is 11.5. The van der Waals surface area contributed by atoms with Crippen molar-refractivity contribution in [3.63, 3.8) is 0 Å². The van der Waals surface area contributed by atoms with Gasteiger partial charge in [-0.15, -0.1) is 0 Å². The van der Waals surface area contributed by atoms with E-state index >= 15 is 0 Å². The number of aromatic amines is 1. The van der Waals surface area contributed by atoms with Gasteiger partial charge >= 0.3 is 0 Å². The lowest BCUT2D eigenvalue weighted by molar-refractivity contribution is 0.0594. The topological polar surface area (TPSA) is 62.4 Å². The minimum atomic E-state index is -0.334. The second-order valence-corrected chi connectivity index (χ2v) is 6.38. The van der Waals surface area contributed by atoms with Crippen LogP contribution in [0.4, 0.5) is 0 Å². The molecular formula is C18H19ClN2O3. The van der Waals surface area contributed by atoms with E-state index < -0.39 is 0 Å². The molecule has 1 aromatic heterocycles. The van der Waals surface area contributed by atoms with Crippen LogP contribution in [0.15, 0.2) is 41.2 Å². The van der Waals surface area contributed by atoms with Crippen molar-refractivity contribution in [1.29, 1.82) is 0 Å². The Balaban J connectivity index is 1.59. The molecular weight excluding hydrogens is 328 g/mol. The first-order valence-electron chi connectivity index (χ1n) is 7.94. The van der Waals surface area contributed by atoms with Gasteiger partial charge in [0.15, 0.2) is 0 Å². The Morgan fingerprint density at radius 2 is 1.83 bits per heavy atom. The third-order valence-corrected chi connectivity index (χ3v) is 4.38. The molecule has 2 heterocycles. The standard InChI is InChI=1S/C18H19ClN2O3/c1-12-2-7-16(17(22)20-12)18(23)21-10-8-15(9-11-21)24-14-5-3-13(19)4-6-14/h2-7,15H,8-11H2,1H3,(H,20,22). The molecule has 2 aromatic rings. The van der Waals surface area contributed by atoms with Crippen molar-refractivity contribution < 1.29 is 9.53 Å². The van der Waals surface area contributed by atoms with Crippen molar-refractivity contribution in [3.05, 3.63) is 63.0 Å². The van der Waals surface area contributed by atoms with Crippen LogP contribution in [0, 0.1) is 6.92 Å². The number of halogens is 1. The summed E-state index contributed by atoms with van der Waals surface area (Å²) < 4.78 is 5.92. The molecule has 0 spiro atoms. The number of amides is 1. The number of carbonyl (C=O) groups is 1. The van der Waals surface area contributed by atoms with E-state index in [0.717, 1.165) is 24.3 Å². The number of aryl methyl sites for hydroxylation is 1. The van der Waals surface area contributed by atoms with Gasteiger partial charge in [-0.25, -0.2) is 0 Å². The maximum absolute atomic E-state index is 12.5. The van der Waals surface area contributed by atoms with Crippen LogP contribution in [-0.4, -0.2) is 35.0 Å². The van der Waals surface area contributed by atoms with Crippen LogP contribution in [0.2, 0.25) is 5.02 Å². The molecule has 1 aliphatic heterocycles. The molecule has 126 valence electrons. The third kappa shape index (κ3) is 3.79. The van der Waals surface area contributed by atoms with Crippen LogP contribution in [0.5, 0.6) is 5.75 Å². The smallest absolute Gasteiger partial charge is 0.260 e. The van der Waals surface area contributed by atoms with Gasteiger partial charge in [-0.3, -0.25) is 9.59 Å². The molecule has 0 saturated carbocycles. The van der Waals surface area contributed by atoms with Crippen LogP contribution in [-0.2, 0) is 0 Å². The zero-order valence-electron chi connectivity index (χ0n) is 13.4. The number of nitrogens with zero attached hydrogens (tertiary/aromatic N) is 1. The zero-order chi connectivity index (χ0) is 17.1. The fourth-order valence-electron chi connectivity index (χ4n) is 2.79. The highest BCUT2D eigenvalue weighted by Crippen LogP contribution is 2.21. The number of ether oxygens (including phenoxy) is 1. The molecule has 1 saturated heterocycles. The number of nitrogens with one attached hydrogen (secondary N) is 1. The summed E-state index contributed by atoms with van der Waals surface area (Å²) >= 11 is 5.86. The molecule has 1 fully saturated rings. The fourth-order valence-corrected chi connectivity index (χ4v) is 2.92. The number of likely N-dealkylation sites (tertiary alicyclic amines) is 1. The van der Waals surface area contributed by atoms with E-state index in [2.05, 4.69) is 4.98 Å². The fraction of sp³-hybridized carbons (Fsp3) is 0.333. The summed E-state index contributed by atoms with van der Waals surface area (Å²) in [6.45, 7) is 2.93. The molecule has 3 rings (SSSR count). The maximum atomic E-state index is 12.5. The predicted octanol–water partition coefficient (Wildman–Crippen LogP) is 3.02. The first kappa shape index (κ1) is 16.6. The molecule has 1 amide bonds. The van der Waals surface area contributed by atoms with Crippen LogP contribution in [0.1, 0.15) is 28.9 Å². The highest BCUT2D eigenvalue weighted by Gasteiger charge is 2.26. The number of hydrogen-bond acceptors (Lipinski definition) is 3. The Kier molecular flexibility index (Phi) is 4.90. The summed E-state index contributed by atoms with van der Waals surface area (Å²) in [5, 5.41) is 0.672. The lowest BCUT2D eigenvalue weighted by atomic mass is 10.1. The van der Waals surface area contributed by atoms with E-state index in [1.54, 1.807) is 36.1 Å². The number of pyridine rings is 1. The molecule has 0 atom stereocenters. The molecule has 6 heteroatoms. The van der Waals surface area contributed by atoms with Crippen LogP contribution in [0.3, 0.4) is 0 Å². The van der Waals surface area contributed by atoms with Gasteiger partial charge < -0.3 is 14.6 Å². The predicted molar refractivity (Wildman–Crippen MR) is 92.8 cm³/mol. The monoisotopic (exact) mass is 346 g/mol. The largest absolute Gasteiger partial charge is 0.490 e. The molecule has 0 unspecified atom stereocenters. The third-order valence-electron chi connectivity index (χ3n) is 4.13. The minimum absolute atomic E-state index is 0.0616. The molecule has 1 aromatic carbocycles. The first-order valence-corrected chi connectivity index (χ1v) is 8.32. The number of hydrogen-bond donors (Lipinski definition) is 1. The van der Waals surface area contributed by atoms with Crippen molar-refractivity contribution in [2.24, 2.45) is 0 Å². The van der Waals surface area contributed by atoms with E-state index in [4.69, 9.17) is 16.3 Å². The Labute approximate surface area is 145 Å². The Morgan fingerprint density at radius 1 is 1.17 bits per heavy atom. The molecule has 24 heavy (non-hydrogen) atoms. The lowest BCUT2D eigenvalue weighted by Crippen LogP contribution is -2.43. The molecule has 0 aliphatic carbocycles. The van der Waals surface area contributed by atoms with Crippen molar-refractivity contribution in [2.75, 3.05) is 13.1 Å². The van der Waals surface area contributed by atoms with Crippen molar-refractivity contribution in [3.8, 4) is 5.75 Å². The van der Waals surface area contributed by atoms with E-state index in [1.807, 2.05) is 12.1 Å². The Bertz CT molecular complexity index is 778. The molecule has 1 N–H and O–H groups in total. The summed E-state index contributed by atoms with van der Waals surface area (Å²) in [6, 6.07) is 10.6. The van der Waals surface area contributed by atoms with E-state index in [0.29, 0.717) is 18.1 Å². The Hall–Kier alpha value is -2.27. The van der Waals surface area contributed by atoms with Gasteiger partial charge in [-0.2, -0.15) is 0 Å². The second-order valence-electron chi connectivity index (χ2n) is 5.95. The van der Waals surface area contributed by atoms with Gasteiger partial charge in [-0.05, 0) is 43.3 Å². The number of piperidine rings is 1. The van der Waals surface area contributed by atoms with Crippen molar-refractivity contribution in [1.82, 2.24) is 9.88 Å². The van der Waals surface area contributed by atoms with Gasteiger partial charge in [0.2, 0.25) is 0 Å². The summed E-state index contributed by atoms with van der Waals surface area (Å²) in [6.07, 6.45) is 1.53. The van der Waals surface area contributed by atoms with E-state index in [1.165, 1.54) is 0 Å².